The molecule has 1 heterocycles. The van der Waals surface area contributed by atoms with Crippen LogP contribution in [0.15, 0.2) is 42.6 Å². The van der Waals surface area contributed by atoms with E-state index in [9.17, 15) is 9.65 Å². The van der Waals surface area contributed by atoms with Gasteiger partial charge in [0.1, 0.15) is 28.9 Å². The molecule has 0 saturated carbocycles. The minimum atomic E-state index is -0.441. The van der Waals surface area contributed by atoms with Crippen LogP contribution in [0.2, 0.25) is 0 Å². The number of nitrogens with zero attached hydrogens (tertiary/aromatic N) is 2. The Morgan fingerprint density at radius 2 is 1.83 bits per heavy atom. The number of methoxy groups -OCH3 is 2. The second-order valence-electron chi connectivity index (χ2n) is 5.02. The van der Waals surface area contributed by atoms with Crippen LogP contribution >= 0.6 is 0 Å². The summed E-state index contributed by atoms with van der Waals surface area (Å²) in [6.45, 7) is 0. The Bertz CT molecular complexity index is 929. The quantitative estimate of drug-likeness (QED) is 0.786. The van der Waals surface area contributed by atoms with Crippen molar-refractivity contribution in [2.45, 2.75) is 0 Å². The Labute approximate surface area is 138 Å². The molecule has 2 aromatic carbocycles. The zero-order valence-corrected chi connectivity index (χ0v) is 13.1. The van der Waals surface area contributed by atoms with Gasteiger partial charge in [0.15, 0.2) is 0 Å². The van der Waals surface area contributed by atoms with Crippen molar-refractivity contribution in [1.82, 2.24) is 4.98 Å². The molecule has 3 rings (SSSR count). The van der Waals surface area contributed by atoms with Crippen molar-refractivity contribution in [3.05, 3.63) is 54.0 Å². The van der Waals surface area contributed by atoms with Crippen LogP contribution in [0.4, 0.5) is 15.8 Å². The molecule has 0 aliphatic carbocycles. The molecule has 0 aliphatic rings. The minimum Gasteiger partial charge on any atom is -0.497 e. The average Bonchev–Trinajstić information content (AvgIpc) is 2.62. The first-order chi connectivity index (χ1) is 11.7. The Balaban J connectivity index is 2.16. The predicted octanol–water partition coefficient (Wildman–Crippen LogP) is 4.01. The maximum Gasteiger partial charge on any atom is 0.149 e. The van der Waals surface area contributed by atoms with E-state index in [-0.39, 0.29) is 5.52 Å². The van der Waals surface area contributed by atoms with E-state index in [4.69, 9.17) is 9.47 Å². The van der Waals surface area contributed by atoms with E-state index < -0.39 is 5.82 Å². The first-order valence-electron chi connectivity index (χ1n) is 7.13. The molecule has 0 saturated heterocycles. The van der Waals surface area contributed by atoms with Crippen LogP contribution in [0.1, 0.15) is 5.56 Å². The number of para-hydroxylation sites is 1. The predicted molar refractivity (Wildman–Crippen MR) is 89.2 cm³/mol. The first kappa shape index (κ1) is 15.6. The molecule has 0 spiro atoms. The van der Waals surface area contributed by atoms with Gasteiger partial charge in [-0.3, -0.25) is 4.98 Å². The van der Waals surface area contributed by atoms with Gasteiger partial charge in [-0.2, -0.15) is 5.26 Å². The largest absolute Gasteiger partial charge is 0.497 e. The van der Waals surface area contributed by atoms with Gasteiger partial charge in [-0.1, -0.05) is 12.1 Å². The third kappa shape index (κ3) is 2.79. The second kappa shape index (κ2) is 6.42. The molecule has 5 nitrogen and oxygen atoms in total. The van der Waals surface area contributed by atoms with Crippen molar-refractivity contribution >= 4 is 22.3 Å². The molecule has 0 aliphatic heterocycles. The molecule has 0 amide bonds. The van der Waals surface area contributed by atoms with E-state index in [0.29, 0.717) is 33.8 Å². The number of nitrogens with one attached hydrogen (secondary N) is 1. The van der Waals surface area contributed by atoms with E-state index in [1.807, 2.05) is 0 Å². The first-order valence-corrected chi connectivity index (χ1v) is 7.13. The average molecular weight is 323 g/mol. The topological polar surface area (TPSA) is 67.2 Å². The van der Waals surface area contributed by atoms with Gasteiger partial charge >= 0.3 is 0 Å². The number of nitriles is 1. The lowest BCUT2D eigenvalue weighted by molar-refractivity contribution is 0.395. The number of rotatable bonds is 4. The van der Waals surface area contributed by atoms with Gasteiger partial charge in [0, 0.05) is 35.5 Å². The van der Waals surface area contributed by atoms with Crippen molar-refractivity contribution in [2.75, 3.05) is 19.5 Å². The summed E-state index contributed by atoms with van der Waals surface area (Å²) in [5.41, 5.74) is 1.65. The van der Waals surface area contributed by atoms with E-state index in [0.717, 1.165) is 0 Å². The highest BCUT2D eigenvalue weighted by atomic mass is 19.1. The Kier molecular flexibility index (Phi) is 4.17. The van der Waals surface area contributed by atoms with Crippen LogP contribution in [0.25, 0.3) is 10.9 Å². The van der Waals surface area contributed by atoms with Crippen molar-refractivity contribution in [3.8, 4) is 17.6 Å². The summed E-state index contributed by atoms with van der Waals surface area (Å²) >= 11 is 0. The molecular formula is C18H14FN3O2. The van der Waals surface area contributed by atoms with Crippen LogP contribution in [0.5, 0.6) is 11.5 Å². The van der Waals surface area contributed by atoms with Gasteiger partial charge in [0.2, 0.25) is 0 Å². The molecule has 120 valence electrons. The molecule has 0 radical (unpaired) electrons. The van der Waals surface area contributed by atoms with E-state index in [1.54, 1.807) is 44.6 Å². The number of hydrogen-bond acceptors (Lipinski definition) is 5. The van der Waals surface area contributed by atoms with Gasteiger partial charge in [-0.05, 0) is 6.07 Å². The highest BCUT2D eigenvalue weighted by Gasteiger charge is 2.13. The fourth-order valence-corrected chi connectivity index (χ4v) is 2.43. The summed E-state index contributed by atoms with van der Waals surface area (Å²) in [5, 5.41) is 13.0. The van der Waals surface area contributed by atoms with Gasteiger partial charge in [-0.15, -0.1) is 0 Å². The van der Waals surface area contributed by atoms with Gasteiger partial charge in [-0.25, -0.2) is 4.39 Å². The van der Waals surface area contributed by atoms with Crippen molar-refractivity contribution in [2.24, 2.45) is 0 Å². The lowest BCUT2D eigenvalue weighted by atomic mass is 10.1. The third-order valence-corrected chi connectivity index (χ3v) is 3.59. The fraction of sp³-hybridized carbons (Fsp3) is 0.111. The number of benzene rings is 2. The lowest BCUT2D eigenvalue weighted by Gasteiger charge is -2.14. The summed E-state index contributed by atoms with van der Waals surface area (Å²) in [5.74, 6) is 0.753. The van der Waals surface area contributed by atoms with Crippen LogP contribution in [0, 0.1) is 17.1 Å². The SMILES string of the molecule is COc1cc(Nc2c(C#N)cnc3c(F)cccc23)cc(OC)c1. The maximum absolute atomic E-state index is 14.0. The molecule has 1 N–H and O–H groups in total. The summed E-state index contributed by atoms with van der Waals surface area (Å²) in [7, 11) is 3.10. The summed E-state index contributed by atoms with van der Waals surface area (Å²) in [6, 6.07) is 12.0. The van der Waals surface area contributed by atoms with Crippen molar-refractivity contribution in [3.63, 3.8) is 0 Å². The Morgan fingerprint density at radius 1 is 1.12 bits per heavy atom. The summed E-state index contributed by atoms with van der Waals surface area (Å²) in [6.07, 6.45) is 1.35. The van der Waals surface area contributed by atoms with Crippen LogP contribution in [0.3, 0.4) is 0 Å². The highest BCUT2D eigenvalue weighted by molar-refractivity contribution is 5.96. The molecule has 1 aromatic heterocycles. The Hall–Kier alpha value is -3.33. The molecule has 0 unspecified atom stereocenters. The van der Waals surface area contributed by atoms with Gasteiger partial charge < -0.3 is 14.8 Å². The van der Waals surface area contributed by atoms with Crippen molar-refractivity contribution < 1.29 is 13.9 Å². The molecule has 3 aromatic rings. The number of hydrogen-bond donors (Lipinski definition) is 1. The lowest BCUT2D eigenvalue weighted by Crippen LogP contribution is -1.99. The monoisotopic (exact) mass is 323 g/mol. The minimum absolute atomic E-state index is 0.203. The van der Waals surface area contributed by atoms with Crippen LogP contribution in [-0.4, -0.2) is 19.2 Å². The zero-order valence-electron chi connectivity index (χ0n) is 13.1. The molecule has 0 atom stereocenters. The number of anilines is 2. The van der Waals surface area contributed by atoms with E-state index in [2.05, 4.69) is 16.4 Å². The summed E-state index contributed by atoms with van der Waals surface area (Å²) in [4.78, 5) is 4.03. The normalized spacial score (nSPS) is 10.2. The number of halogens is 1. The summed E-state index contributed by atoms with van der Waals surface area (Å²) < 4.78 is 24.4. The number of ether oxygens (including phenoxy) is 2. The van der Waals surface area contributed by atoms with Gasteiger partial charge in [0.25, 0.3) is 0 Å². The van der Waals surface area contributed by atoms with Crippen LogP contribution in [-0.2, 0) is 0 Å². The van der Waals surface area contributed by atoms with Gasteiger partial charge in [0.05, 0.1) is 25.5 Å². The third-order valence-electron chi connectivity index (χ3n) is 3.59. The number of pyridine rings is 1. The van der Waals surface area contributed by atoms with E-state index >= 15 is 0 Å². The second-order valence-corrected chi connectivity index (χ2v) is 5.02. The number of fused-ring (bicyclic) bond motifs is 1. The molecule has 24 heavy (non-hydrogen) atoms. The molecular weight excluding hydrogens is 309 g/mol. The molecule has 0 fully saturated rings. The smallest absolute Gasteiger partial charge is 0.149 e. The highest BCUT2D eigenvalue weighted by Crippen LogP contribution is 2.33. The fourth-order valence-electron chi connectivity index (χ4n) is 2.43. The number of aromatic nitrogens is 1. The van der Waals surface area contributed by atoms with E-state index in [1.165, 1.54) is 12.3 Å². The Morgan fingerprint density at radius 3 is 2.46 bits per heavy atom. The maximum atomic E-state index is 14.0. The zero-order chi connectivity index (χ0) is 17.1. The molecule has 0 bridgehead atoms. The standard InChI is InChI=1S/C18H14FN3O2/c1-23-13-6-12(7-14(8-13)24-2)22-17-11(9-20)10-21-18-15(17)4-3-5-16(18)19/h3-8,10H,1-2H3,(H,21,22). The van der Waals surface area contributed by atoms with Crippen LogP contribution < -0.4 is 14.8 Å². The van der Waals surface area contributed by atoms with Crippen molar-refractivity contribution in [1.29, 1.82) is 5.26 Å². The molecule has 6 heteroatoms.